The number of sulfone groups is 1. The maximum Gasteiger partial charge on any atom is 0.255 e. The monoisotopic (exact) mass is 283 g/mol. The van der Waals surface area contributed by atoms with Gasteiger partial charge in [-0.15, -0.1) is 0 Å². The van der Waals surface area contributed by atoms with Crippen LogP contribution < -0.4 is 5.32 Å². The molecule has 1 aliphatic rings. The lowest BCUT2D eigenvalue weighted by atomic mass is 10.1. The molecule has 5 nitrogen and oxygen atoms in total. The summed E-state index contributed by atoms with van der Waals surface area (Å²) in [5, 5.41) is 12.3. The molecule has 2 rings (SSSR count). The highest BCUT2D eigenvalue weighted by Crippen LogP contribution is 2.19. The molecule has 104 valence electrons. The number of carbonyl (C=O) groups excluding carboxylic acids is 1. The molecular weight excluding hydrogens is 266 g/mol. The molecule has 6 heteroatoms. The summed E-state index contributed by atoms with van der Waals surface area (Å²) in [6, 6.07) is 4.38. The summed E-state index contributed by atoms with van der Waals surface area (Å²) in [4.78, 5) is 12.0. The molecule has 0 saturated carbocycles. The van der Waals surface area contributed by atoms with E-state index in [0.29, 0.717) is 12.8 Å². The third kappa shape index (κ3) is 3.47. The molecule has 1 saturated heterocycles. The van der Waals surface area contributed by atoms with Crippen molar-refractivity contribution in [1.29, 1.82) is 0 Å². The van der Waals surface area contributed by atoms with E-state index in [2.05, 4.69) is 5.32 Å². The van der Waals surface area contributed by atoms with Gasteiger partial charge in [-0.05, 0) is 31.9 Å². The lowest BCUT2D eigenvalue weighted by molar-refractivity contribution is 0.0935. The van der Waals surface area contributed by atoms with Gasteiger partial charge in [-0.2, -0.15) is 0 Å². The van der Waals surface area contributed by atoms with Gasteiger partial charge in [0.2, 0.25) is 0 Å². The van der Waals surface area contributed by atoms with Crippen LogP contribution >= 0.6 is 0 Å². The zero-order valence-corrected chi connectivity index (χ0v) is 11.5. The van der Waals surface area contributed by atoms with Crippen LogP contribution in [0.4, 0.5) is 0 Å². The number of nitrogens with one attached hydrogen (secondary N) is 1. The molecule has 1 aliphatic heterocycles. The number of hydrogen-bond donors (Lipinski definition) is 2. The molecule has 0 spiro atoms. The largest absolute Gasteiger partial charge is 0.507 e. The zero-order valence-electron chi connectivity index (χ0n) is 10.7. The molecule has 0 aromatic heterocycles. The smallest absolute Gasteiger partial charge is 0.255 e. The number of phenolic OH excluding ortho intramolecular Hbond substituents is 1. The Morgan fingerprint density at radius 2 is 2.16 bits per heavy atom. The topological polar surface area (TPSA) is 83.5 Å². The summed E-state index contributed by atoms with van der Waals surface area (Å²) >= 11 is 0. The third-order valence-corrected chi connectivity index (χ3v) is 5.02. The number of phenols is 1. The van der Waals surface area contributed by atoms with Gasteiger partial charge in [-0.3, -0.25) is 4.79 Å². The second-order valence-electron chi connectivity index (χ2n) is 4.95. The second kappa shape index (κ2) is 5.21. The maximum absolute atomic E-state index is 12.0. The Morgan fingerprint density at radius 1 is 1.42 bits per heavy atom. The first-order chi connectivity index (χ1) is 8.87. The van der Waals surface area contributed by atoms with Gasteiger partial charge in [0.1, 0.15) is 5.75 Å². The number of aryl methyl sites for hydroxylation is 1. The zero-order chi connectivity index (χ0) is 14.0. The van der Waals surface area contributed by atoms with Crippen LogP contribution in [-0.4, -0.2) is 37.0 Å². The Balaban J connectivity index is 2.11. The summed E-state index contributed by atoms with van der Waals surface area (Å²) in [5.74, 6) is -0.356. The minimum Gasteiger partial charge on any atom is -0.507 e. The van der Waals surface area contributed by atoms with Gasteiger partial charge in [-0.1, -0.05) is 11.6 Å². The molecule has 1 aromatic rings. The molecule has 1 heterocycles. The van der Waals surface area contributed by atoms with E-state index in [-0.39, 0.29) is 28.9 Å². The highest BCUT2D eigenvalue weighted by atomic mass is 32.2. The number of rotatable bonds is 2. The Morgan fingerprint density at radius 3 is 2.84 bits per heavy atom. The average molecular weight is 283 g/mol. The van der Waals surface area contributed by atoms with Crippen LogP contribution in [0.1, 0.15) is 28.8 Å². The van der Waals surface area contributed by atoms with Crippen molar-refractivity contribution in [3.05, 3.63) is 29.3 Å². The SMILES string of the molecule is Cc1ccc(O)c(C(=O)NC2CCCS(=O)(=O)C2)c1. The first-order valence-electron chi connectivity index (χ1n) is 6.18. The van der Waals surface area contributed by atoms with E-state index in [1.807, 2.05) is 6.92 Å². The molecule has 1 aromatic carbocycles. The van der Waals surface area contributed by atoms with Gasteiger partial charge in [0.15, 0.2) is 9.84 Å². The molecule has 1 amide bonds. The van der Waals surface area contributed by atoms with Gasteiger partial charge in [0.05, 0.1) is 17.1 Å². The Bertz CT molecular complexity index is 595. The molecule has 1 atom stereocenters. The van der Waals surface area contributed by atoms with E-state index in [4.69, 9.17) is 0 Å². The number of benzene rings is 1. The molecule has 0 aliphatic carbocycles. The highest BCUT2D eigenvalue weighted by molar-refractivity contribution is 7.91. The fourth-order valence-corrected chi connectivity index (χ4v) is 3.87. The number of carbonyl (C=O) groups is 1. The van der Waals surface area contributed by atoms with E-state index < -0.39 is 15.7 Å². The lowest BCUT2D eigenvalue weighted by Crippen LogP contribution is -2.43. The van der Waals surface area contributed by atoms with E-state index in [9.17, 15) is 18.3 Å². The molecule has 0 radical (unpaired) electrons. The normalized spacial score (nSPS) is 21.8. The summed E-state index contributed by atoms with van der Waals surface area (Å²) in [6.45, 7) is 1.82. The van der Waals surface area contributed by atoms with E-state index >= 15 is 0 Å². The molecule has 0 bridgehead atoms. The fourth-order valence-electron chi connectivity index (χ4n) is 2.23. The summed E-state index contributed by atoms with van der Waals surface area (Å²) in [7, 11) is -3.06. The van der Waals surface area contributed by atoms with Crippen LogP contribution in [0.2, 0.25) is 0 Å². The standard InChI is InChI=1S/C13H17NO4S/c1-9-4-5-12(15)11(7-9)13(16)14-10-3-2-6-19(17,18)8-10/h4-5,7,10,15H,2-3,6,8H2,1H3,(H,14,16). The van der Waals surface area contributed by atoms with Crippen LogP contribution in [0.15, 0.2) is 18.2 Å². The first-order valence-corrected chi connectivity index (χ1v) is 8.00. The number of aromatic hydroxyl groups is 1. The van der Waals surface area contributed by atoms with E-state index in [1.54, 1.807) is 12.1 Å². The number of amides is 1. The van der Waals surface area contributed by atoms with Gasteiger partial charge in [0.25, 0.3) is 5.91 Å². The van der Waals surface area contributed by atoms with E-state index in [1.165, 1.54) is 6.07 Å². The summed E-state index contributed by atoms with van der Waals surface area (Å²) < 4.78 is 23.0. The third-order valence-electron chi connectivity index (χ3n) is 3.19. The first kappa shape index (κ1) is 13.9. The van der Waals surface area contributed by atoms with Crippen LogP contribution in [0.5, 0.6) is 5.75 Å². The minimum atomic E-state index is -3.06. The maximum atomic E-state index is 12.0. The summed E-state index contributed by atoms with van der Waals surface area (Å²) in [6.07, 6.45) is 1.21. The van der Waals surface area contributed by atoms with Crippen molar-refractivity contribution in [1.82, 2.24) is 5.32 Å². The van der Waals surface area contributed by atoms with Crippen molar-refractivity contribution in [3.63, 3.8) is 0 Å². The average Bonchev–Trinajstić information content (AvgIpc) is 2.31. The molecule has 1 unspecified atom stereocenters. The van der Waals surface area contributed by atoms with Gasteiger partial charge in [-0.25, -0.2) is 8.42 Å². The van der Waals surface area contributed by atoms with Crippen molar-refractivity contribution in [3.8, 4) is 5.75 Å². The summed E-state index contributed by atoms with van der Waals surface area (Å²) in [5.41, 5.74) is 1.04. The van der Waals surface area contributed by atoms with Crippen LogP contribution in [0.25, 0.3) is 0 Å². The van der Waals surface area contributed by atoms with Crippen molar-refractivity contribution in [2.24, 2.45) is 0 Å². The van der Waals surface area contributed by atoms with Gasteiger partial charge in [0, 0.05) is 6.04 Å². The quantitative estimate of drug-likeness (QED) is 0.848. The van der Waals surface area contributed by atoms with Gasteiger partial charge < -0.3 is 10.4 Å². The number of hydrogen-bond acceptors (Lipinski definition) is 4. The van der Waals surface area contributed by atoms with Crippen LogP contribution in [0, 0.1) is 6.92 Å². The highest BCUT2D eigenvalue weighted by Gasteiger charge is 2.26. The molecule has 19 heavy (non-hydrogen) atoms. The van der Waals surface area contributed by atoms with Crippen molar-refractivity contribution in [2.75, 3.05) is 11.5 Å². The molecule has 1 fully saturated rings. The predicted octanol–water partition coefficient (Wildman–Crippen LogP) is 1.01. The second-order valence-corrected chi connectivity index (χ2v) is 7.18. The van der Waals surface area contributed by atoms with Crippen molar-refractivity contribution < 1.29 is 18.3 Å². The molecular formula is C13H17NO4S. The predicted molar refractivity (Wildman–Crippen MR) is 72.0 cm³/mol. The lowest BCUT2D eigenvalue weighted by Gasteiger charge is -2.23. The Kier molecular flexibility index (Phi) is 3.80. The van der Waals surface area contributed by atoms with Crippen LogP contribution in [0.3, 0.4) is 0 Å². The Labute approximate surface area is 112 Å². The van der Waals surface area contributed by atoms with E-state index in [0.717, 1.165) is 5.56 Å². The van der Waals surface area contributed by atoms with Gasteiger partial charge >= 0.3 is 0 Å². The fraction of sp³-hybridized carbons (Fsp3) is 0.462. The van der Waals surface area contributed by atoms with Crippen LogP contribution in [-0.2, 0) is 9.84 Å². The van der Waals surface area contributed by atoms with Crippen molar-refractivity contribution >= 4 is 15.7 Å². The Hall–Kier alpha value is -1.56. The molecule has 2 N–H and O–H groups in total. The minimum absolute atomic E-state index is 0.0225. The van der Waals surface area contributed by atoms with Crippen molar-refractivity contribution in [2.45, 2.75) is 25.8 Å².